The van der Waals surface area contributed by atoms with Crippen LogP contribution >= 0.6 is 0 Å². The van der Waals surface area contributed by atoms with E-state index in [9.17, 15) is 4.79 Å². The monoisotopic (exact) mass is 266 g/mol. The summed E-state index contributed by atoms with van der Waals surface area (Å²) in [5.41, 5.74) is 0.414. The highest BCUT2D eigenvalue weighted by atomic mass is 16.6. The van der Waals surface area contributed by atoms with E-state index in [1.54, 1.807) is 0 Å². The van der Waals surface area contributed by atoms with Gasteiger partial charge in [0.15, 0.2) is 0 Å². The molecule has 0 aromatic rings. The SMILES string of the molecule is CCOCCOCCOC(=O)C1CC2CC23C=CC13. The molecule has 4 heteroatoms. The van der Waals surface area contributed by atoms with Crippen molar-refractivity contribution in [3.05, 3.63) is 12.2 Å². The molecule has 0 saturated heterocycles. The van der Waals surface area contributed by atoms with Gasteiger partial charge in [-0.1, -0.05) is 12.2 Å². The van der Waals surface area contributed by atoms with E-state index >= 15 is 0 Å². The zero-order chi connectivity index (χ0) is 13.3. The third kappa shape index (κ3) is 2.32. The summed E-state index contributed by atoms with van der Waals surface area (Å²) in [5, 5.41) is 0. The fraction of sp³-hybridized carbons (Fsp3) is 0.800. The van der Waals surface area contributed by atoms with Gasteiger partial charge in [-0.2, -0.15) is 0 Å². The van der Waals surface area contributed by atoms with E-state index in [1.165, 1.54) is 6.42 Å². The van der Waals surface area contributed by atoms with Gasteiger partial charge in [0.05, 0.1) is 25.7 Å². The Morgan fingerprint density at radius 1 is 1.26 bits per heavy atom. The number of allylic oxidation sites excluding steroid dienone is 2. The number of hydrogen-bond donors (Lipinski definition) is 0. The standard InChI is InChI=1S/C15H22O4/c1-2-17-5-6-18-7-8-19-14(16)12-9-11-10-15(11)4-3-13(12)15/h3-4,11-13H,2,5-10H2,1H3. The molecule has 0 amide bonds. The van der Waals surface area contributed by atoms with Gasteiger partial charge in [-0.05, 0) is 37.0 Å². The molecule has 19 heavy (non-hydrogen) atoms. The van der Waals surface area contributed by atoms with Gasteiger partial charge in [-0.3, -0.25) is 4.79 Å². The molecule has 0 radical (unpaired) electrons. The topological polar surface area (TPSA) is 44.8 Å². The third-order valence-electron chi connectivity index (χ3n) is 4.76. The highest BCUT2D eigenvalue weighted by Crippen LogP contribution is 2.74. The Labute approximate surface area is 114 Å². The van der Waals surface area contributed by atoms with Crippen LogP contribution in [0.1, 0.15) is 19.8 Å². The van der Waals surface area contributed by atoms with Gasteiger partial charge in [-0.15, -0.1) is 0 Å². The number of hydrogen-bond acceptors (Lipinski definition) is 4. The summed E-state index contributed by atoms with van der Waals surface area (Å²) in [6.45, 7) is 4.64. The fourth-order valence-electron chi connectivity index (χ4n) is 3.61. The minimum Gasteiger partial charge on any atom is -0.463 e. The summed E-state index contributed by atoms with van der Waals surface area (Å²) >= 11 is 0. The normalized spacial score (nSPS) is 37.4. The van der Waals surface area contributed by atoms with Crippen LogP contribution < -0.4 is 0 Å². The van der Waals surface area contributed by atoms with Crippen LogP contribution in [-0.4, -0.2) is 39.0 Å². The third-order valence-corrected chi connectivity index (χ3v) is 4.76. The van der Waals surface area contributed by atoms with E-state index in [-0.39, 0.29) is 11.9 Å². The van der Waals surface area contributed by atoms with Crippen molar-refractivity contribution in [2.45, 2.75) is 19.8 Å². The lowest BCUT2D eigenvalue weighted by Crippen LogP contribution is -2.30. The maximum absolute atomic E-state index is 12.0. The van der Waals surface area contributed by atoms with E-state index in [0.717, 1.165) is 12.3 Å². The first-order valence-electron chi connectivity index (χ1n) is 7.29. The molecule has 0 heterocycles. The van der Waals surface area contributed by atoms with E-state index < -0.39 is 0 Å². The number of carbonyl (C=O) groups excluding carboxylic acids is 1. The first-order valence-corrected chi connectivity index (χ1v) is 7.29. The van der Waals surface area contributed by atoms with Crippen molar-refractivity contribution < 1.29 is 19.0 Å². The van der Waals surface area contributed by atoms with E-state index in [4.69, 9.17) is 14.2 Å². The van der Waals surface area contributed by atoms with Crippen LogP contribution in [0, 0.1) is 23.2 Å². The van der Waals surface area contributed by atoms with Crippen LogP contribution in [0.5, 0.6) is 0 Å². The molecule has 0 aromatic heterocycles. The molecule has 2 saturated carbocycles. The average Bonchev–Trinajstić information content (AvgIpc) is 3.07. The van der Waals surface area contributed by atoms with Gasteiger partial charge in [0, 0.05) is 6.61 Å². The lowest BCUT2D eigenvalue weighted by Gasteiger charge is -2.30. The zero-order valence-electron chi connectivity index (χ0n) is 11.5. The summed E-state index contributed by atoms with van der Waals surface area (Å²) in [4.78, 5) is 12.0. The van der Waals surface area contributed by atoms with Crippen LogP contribution in [-0.2, 0) is 19.0 Å². The highest BCUT2D eigenvalue weighted by Gasteiger charge is 2.69. The molecule has 3 aliphatic rings. The molecule has 0 aliphatic heterocycles. The largest absolute Gasteiger partial charge is 0.463 e. The molecule has 3 aliphatic carbocycles. The fourth-order valence-corrected chi connectivity index (χ4v) is 3.61. The average molecular weight is 266 g/mol. The van der Waals surface area contributed by atoms with E-state index in [2.05, 4.69) is 12.2 Å². The Morgan fingerprint density at radius 2 is 2.05 bits per heavy atom. The van der Waals surface area contributed by atoms with Crippen LogP contribution in [0.2, 0.25) is 0 Å². The van der Waals surface area contributed by atoms with Crippen molar-refractivity contribution in [1.82, 2.24) is 0 Å². The number of rotatable bonds is 8. The molecular weight excluding hydrogens is 244 g/mol. The first kappa shape index (κ1) is 13.1. The van der Waals surface area contributed by atoms with Gasteiger partial charge in [0.1, 0.15) is 6.61 Å². The van der Waals surface area contributed by atoms with Crippen molar-refractivity contribution >= 4 is 5.97 Å². The molecule has 4 atom stereocenters. The summed E-state index contributed by atoms with van der Waals surface area (Å²) in [5.74, 6) is 1.29. The Morgan fingerprint density at radius 3 is 2.74 bits per heavy atom. The molecule has 106 valence electrons. The molecule has 4 nitrogen and oxygen atoms in total. The van der Waals surface area contributed by atoms with Gasteiger partial charge >= 0.3 is 5.97 Å². The van der Waals surface area contributed by atoms with Gasteiger partial charge in [-0.25, -0.2) is 0 Å². The molecule has 2 fully saturated rings. The van der Waals surface area contributed by atoms with Crippen molar-refractivity contribution in [2.75, 3.05) is 33.0 Å². The molecular formula is C15H22O4. The Bertz CT molecular complexity index is 378. The summed E-state index contributed by atoms with van der Waals surface area (Å²) in [6.07, 6.45) is 6.80. The molecule has 0 aromatic carbocycles. The van der Waals surface area contributed by atoms with E-state index in [0.29, 0.717) is 44.4 Å². The summed E-state index contributed by atoms with van der Waals surface area (Å²) < 4.78 is 15.8. The number of ether oxygens (including phenoxy) is 3. The quantitative estimate of drug-likeness (QED) is 0.382. The van der Waals surface area contributed by atoms with Crippen molar-refractivity contribution in [3.63, 3.8) is 0 Å². The van der Waals surface area contributed by atoms with E-state index in [1.807, 2.05) is 6.92 Å². The zero-order valence-corrected chi connectivity index (χ0v) is 11.5. The maximum Gasteiger partial charge on any atom is 0.309 e. The van der Waals surface area contributed by atoms with Gasteiger partial charge < -0.3 is 14.2 Å². The predicted octanol–water partition coefficient (Wildman–Crippen LogP) is 1.79. The lowest BCUT2D eigenvalue weighted by molar-refractivity contribution is -0.151. The van der Waals surface area contributed by atoms with Crippen molar-refractivity contribution in [1.29, 1.82) is 0 Å². The van der Waals surface area contributed by atoms with Crippen LogP contribution in [0.4, 0.5) is 0 Å². The minimum atomic E-state index is -0.0330. The predicted molar refractivity (Wildman–Crippen MR) is 69.5 cm³/mol. The summed E-state index contributed by atoms with van der Waals surface area (Å²) in [7, 11) is 0. The Kier molecular flexibility index (Phi) is 3.63. The smallest absolute Gasteiger partial charge is 0.309 e. The number of carbonyl (C=O) groups is 1. The van der Waals surface area contributed by atoms with Crippen LogP contribution in [0.3, 0.4) is 0 Å². The number of esters is 1. The second kappa shape index (κ2) is 5.25. The molecule has 4 unspecified atom stereocenters. The lowest BCUT2D eigenvalue weighted by atomic mass is 9.75. The minimum absolute atomic E-state index is 0.0330. The highest BCUT2D eigenvalue weighted by molar-refractivity contribution is 5.75. The van der Waals surface area contributed by atoms with Gasteiger partial charge in [0.2, 0.25) is 0 Å². The van der Waals surface area contributed by atoms with Crippen molar-refractivity contribution in [3.8, 4) is 0 Å². The second-order valence-electron chi connectivity index (χ2n) is 5.72. The molecule has 0 bridgehead atoms. The molecule has 0 N–H and O–H groups in total. The molecule has 3 rings (SSSR count). The first-order chi connectivity index (χ1) is 9.28. The van der Waals surface area contributed by atoms with Crippen LogP contribution in [0.15, 0.2) is 12.2 Å². The molecule has 1 spiro atoms. The maximum atomic E-state index is 12.0. The summed E-state index contributed by atoms with van der Waals surface area (Å²) in [6, 6.07) is 0. The second-order valence-corrected chi connectivity index (χ2v) is 5.72. The van der Waals surface area contributed by atoms with Crippen molar-refractivity contribution in [2.24, 2.45) is 23.2 Å². The van der Waals surface area contributed by atoms with Crippen LogP contribution in [0.25, 0.3) is 0 Å². The Hall–Kier alpha value is -0.870. The van der Waals surface area contributed by atoms with Gasteiger partial charge in [0.25, 0.3) is 0 Å². The Balaban J connectivity index is 1.29.